The Hall–Kier alpha value is -3.02. The van der Waals surface area contributed by atoms with E-state index in [2.05, 4.69) is 5.32 Å². The average molecular weight is 370 g/mol. The molecular weight excluding hydrogens is 344 g/mol. The Kier molecular flexibility index (Phi) is 7.23. The number of amides is 2. The number of rotatable bonds is 8. The first-order valence-electron chi connectivity index (χ1n) is 8.77. The van der Waals surface area contributed by atoms with E-state index in [-0.39, 0.29) is 24.8 Å². The minimum absolute atomic E-state index is 0.114. The minimum Gasteiger partial charge on any atom is -0.497 e. The molecule has 0 aliphatic heterocycles. The van der Waals surface area contributed by atoms with Crippen LogP contribution in [0.3, 0.4) is 0 Å². The van der Waals surface area contributed by atoms with Gasteiger partial charge in [0.05, 0.1) is 19.9 Å². The highest BCUT2D eigenvalue weighted by Crippen LogP contribution is 2.32. The van der Waals surface area contributed by atoms with Gasteiger partial charge in [-0.15, -0.1) is 0 Å². The van der Waals surface area contributed by atoms with Crippen LogP contribution < -0.4 is 19.7 Å². The molecule has 0 bridgehead atoms. The largest absolute Gasteiger partial charge is 0.497 e. The van der Waals surface area contributed by atoms with E-state index in [1.165, 1.54) is 18.9 Å². The molecule has 2 aromatic rings. The zero-order valence-corrected chi connectivity index (χ0v) is 16.2. The third-order valence-corrected chi connectivity index (χ3v) is 4.36. The number of nitrogens with one attached hydrogen (secondary N) is 1. The molecule has 0 spiro atoms. The molecule has 0 radical (unpaired) electrons. The van der Waals surface area contributed by atoms with Gasteiger partial charge in [-0.3, -0.25) is 9.59 Å². The molecule has 2 amide bonds. The van der Waals surface area contributed by atoms with Gasteiger partial charge >= 0.3 is 0 Å². The van der Waals surface area contributed by atoms with Crippen LogP contribution in [0.5, 0.6) is 11.5 Å². The standard InChI is InChI=1S/C21H26N2O4/c1-15-7-5-6-8-17(15)14-22-21(25)11-12-23(16(2)24)19-10-9-18(26-3)13-20(19)27-4/h5-10,13H,11-12,14H2,1-4H3,(H,22,25). The fourth-order valence-corrected chi connectivity index (χ4v) is 2.76. The molecule has 0 heterocycles. The molecule has 0 unspecified atom stereocenters. The maximum Gasteiger partial charge on any atom is 0.223 e. The molecule has 2 rings (SSSR count). The summed E-state index contributed by atoms with van der Waals surface area (Å²) in [5.74, 6) is 0.877. The summed E-state index contributed by atoms with van der Waals surface area (Å²) in [5, 5.41) is 2.90. The zero-order valence-electron chi connectivity index (χ0n) is 16.2. The highest BCUT2D eigenvalue weighted by Gasteiger charge is 2.18. The van der Waals surface area contributed by atoms with Gasteiger partial charge in [-0.25, -0.2) is 0 Å². The summed E-state index contributed by atoms with van der Waals surface area (Å²) in [6.45, 7) is 4.21. The normalized spacial score (nSPS) is 10.2. The number of anilines is 1. The maximum atomic E-state index is 12.2. The van der Waals surface area contributed by atoms with Crippen molar-refractivity contribution in [3.05, 3.63) is 53.6 Å². The third-order valence-electron chi connectivity index (χ3n) is 4.36. The quantitative estimate of drug-likeness (QED) is 0.775. The molecule has 27 heavy (non-hydrogen) atoms. The van der Waals surface area contributed by atoms with Crippen LogP contribution in [0.25, 0.3) is 0 Å². The predicted octanol–water partition coefficient (Wildman–Crippen LogP) is 3.07. The van der Waals surface area contributed by atoms with Crippen molar-refractivity contribution < 1.29 is 19.1 Å². The summed E-state index contributed by atoms with van der Waals surface area (Å²) < 4.78 is 10.6. The Balaban J connectivity index is 2.01. The topological polar surface area (TPSA) is 67.9 Å². The van der Waals surface area contributed by atoms with Gasteiger partial charge in [-0.1, -0.05) is 24.3 Å². The Morgan fingerprint density at radius 3 is 2.44 bits per heavy atom. The lowest BCUT2D eigenvalue weighted by atomic mass is 10.1. The molecule has 0 saturated heterocycles. The van der Waals surface area contributed by atoms with Gasteiger partial charge in [0, 0.05) is 32.5 Å². The van der Waals surface area contributed by atoms with Crippen LogP contribution >= 0.6 is 0 Å². The second-order valence-corrected chi connectivity index (χ2v) is 6.16. The number of hydrogen-bond donors (Lipinski definition) is 1. The van der Waals surface area contributed by atoms with Gasteiger partial charge in [-0.05, 0) is 30.2 Å². The van der Waals surface area contributed by atoms with E-state index in [1.807, 2.05) is 31.2 Å². The van der Waals surface area contributed by atoms with Crippen molar-refractivity contribution in [3.63, 3.8) is 0 Å². The van der Waals surface area contributed by atoms with Crippen molar-refractivity contribution >= 4 is 17.5 Å². The second-order valence-electron chi connectivity index (χ2n) is 6.16. The summed E-state index contributed by atoms with van der Waals surface area (Å²) in [6.07, 6.45) is 0.195. The molecule has 144 valence electrons. The highest BCUT2D eigenvalue weighted by molar-refractivity contribution is 5.94. The summed E-state index contributed by atoms with van der Waals surface area (Å²) in [7, 11) is 3.10. The van der Waals surface area contributed by atoms with E-state index in [4.69, 9.17) is 9.47 Å². The van der Waals surface area contributed by atoms with E-state index in [0.29, 0.717) is 23.7 Å². The van der Waals surface area contributed by atoms with Crippen molar-refractivity contribution in [2.24, 2.45) is 0 Å². The lowest BCUT2D eigenvalue weighted by Crippen LogP contribution is -2.34. The van der Waals surface area contributed by atoms with E-state index < -0.39 is 0 Å². The lowest BCUT2D eigenvalue weighted by Gasteiger charge is -2.23. The SMILES string of the molecule is COc1ccc(N(CCC(=O)NCc2ccccc2C)C(C)=O)c(OC)c1. The van der Waals surface area contributed by atoms with Gasteiger partial charge in [0.25, 0.3) is 0 Å². The van der Waals surface area contributed by atoms with Crippen LogP contribution in [0.15, 0.2) is 42.5 Å². The molecule has 0 saturated carbocycles. The van der Waals surface area contributed by atoms with Crippen molar-refractivity contribution in [2.45, 2.75) is 26.8 Å². The summed E-state index contributed by atoms with van der Waals surface area (Å²) in [6, 6.07) is 13.1. The molecule has 2 aromatic carbocycles. The fourth-order valence-electron chi connectivity index (χ4n) is 2.76. The summed E-state index contributed by atoms with van der Waals surface area (Å²) in [4.78, 5) is 25.9. The average Bonchev–Trinajstić information content (AvgIpc) is 2.67. The van der Waals surface area contributed by atoms with E-state index in [1.54, 1.807) is 25.3 Å². The number of carbonyl (C=O) groups is 2. The fraction of sp³-hybridized carbons (Fsp3) is 0.333. The number of carbonyl (C=O) groups excluding carboxylic acids is 2. The van der Waals surface area contributed by atoms with Gasteiger partial charge in [-0.2, -0.15) is 0 Å². The first-order chi connectivity index (χ1) is 13.0. The molecule has 0 atom stereocenters. The molecule has 6 nitrogen and oxygen atoms in total. The van der Waals surface area contributed by atoms with Gasteiger partial charge < -0.3 is 19.7 Å². The van der Waals surface area contributed by atoms with Crippen molar-refractivity contribution in [1.82, 2.24) is 5.32 Å². The number of ether oxygens (including phenoxy) is 2. The summed E-state index contributed by atoms with van der Waals surface area (Å²) >= 11 is 0. The van der Waals surface area contributed by atoms with E-state index >= 15 is 0 Å². The minimum atomic E-state index is -0.162. The van der Waals surface area contributed by atoms with Crippen LogP contribution in [-0.2, 0) is 16.1 Å². The van der Waals surface area contributed by atoms with E-state index in [0.717, 1.165) is 11.1 Å². The van der Waals surface area contributed by atoms with Crippen LogP contribution in [0.1, 0.15) is 24.5 Å². The second kappa shape index (κ2) is 9.62. The third kappa shape index (κ3) is 5.48. The van der Waals surface area contributed by atoms with Crippen LogP contribution in [0, 0.1) is 6.92 Å². The Labute approximate surface area is 160 Å². The smallest absolute Gasteiger partial charge is 0.223 e. The Bertz CT molecular complexity index is 805. The van der Waals surface area contributed by atoms with Crippen molar-refractivity contribution in [2.75, 3.05) is 25.7 Å². The van der Waals surface area contributed by atoms with Crippen molar-refractivity contribution in [1.29, 1.82) is 0 Å². The molecule has 0 aliphatic carbocycles. The van der Waals surface area contributed by atoms with Crippen LogP contribution in [0.4, 0.5) is 5.69 Å². The van der Waals surface area contributed by atoms with Crippen molar-refractivity contribution in [3.8, 4) is 11.5 Å². The highest BCUT2D eigenvalue weighted by atomic mass is 16.5. The number of aryl methyl sites for hydroxylation is 1. The zero-order chi connectivity index (χ0) is 19.8. The number of methoxy groups -OCH3 is 2. The Morgan fingerprint density at radius 1 is 1.07 bits per heavy atom. The van der Waals surface area contributed by atoms with Gasteiger partial charge in [0.2, 0.25) is 11.8 Å². The number of nitrogens with zero attached hydrogens (tertiary/aromatic N) is 1. The summed E-state index contributed by atoms with van der Waals surface area (Å²) in [5.41, 5.74) is 2.81. The van der Waals surface area contributed by atoms with Gasteiger partial charge in [0.15, 0.2) is 0 Å². The molecule has 0 fully saturated rings. The van der Waals surface area contributed by atoms with E-state index in [9.17, 15) is 9.59 Å². The van der Waals surface area contributed by atoms with Gasteiger partial charge in [0.1, 0.15) is 11.5 Å². The van der Waals surface area contributed by atoms with Crippen LogP contribution in [0.2, 0.25) is 0 Å². The monoisotopic (exact) mass is 370 g/mol. The first kappa shape index (κ1) is 20.3. The number of hydrogen-bond acceptors (Lipinski definition) is 4. The van der Waals surface area contributed by atoms with Crippen LogP contribution in [-0.4, -0.2) is 32.6 Å². The first-order valence-corrected chi connectivity index (χ1v) is 8.77. The molecule has 0 aliphatic rings. The predicted molar refractivity (Wildman–Crippen MR) is 105 cm³/mol. The molecular formula is C21H26N2O4. The molecule has 0 aromatic heterocycles. The maximum absolute atomic E-state index is 12.2. The lowest BCUT2D eigenvalue weighted by molar-refractivity contribution is -0.121. The number of benzene rings is 2. The Morgan fingerprint density at radius 2 is 1.81 bits per heavy atom. The molecule has 6 heteroatoms. The molecule has 1 N–H and O–H groups in total.